The molecule has 5 rings (SSSR count). The molecular formula is C28H28N2O4. The first-order valence-electron chi connectivity index (χ1n) is 11.7. The van der Waals surface area contributed by atoms with Crippen molar-refractivity contribution in [2.45, 2.75) is 24.9 Å². The summed E-state index contributed by atoms with van der Waals surface area (Å²) in [5, 5.41) is 9.46. The van der Waals surface area contributed by atoms with Gasteiger partial charge in [0.2, 0.25) is 0 Å². The van der Waals surface area contributed by atoms with Crippen LogP contribution in [-0.4, -0.2) is 59.3 Å². The van der Waals surface area contributed by atoms with Crippen LogP contribution >= 0.6 is 0 Å². The molecule has 1 atom stereocenters. The molecule has 6 nitrogen and oxygen atoms in total. The number of aliphatic carboxylic acids is 1. The van der Waals surface area contributed by atoms with E-state index in [0.29, 0.717) is 19.6 Å². The van der Waals surface area contributed by atoms with Gasteiger partial charge in [-0.15, -0.1) is 0 Å². The Morgan fingerprint density at radius 2 is 1.47 bits per heavy atom. The molecule has 0 spiro atoms. The average Bonchev–Trinajstić information content (AvgIpc) is 3.17. The molecule has 0 bridgehead atoms. The third-order valence-corrected chi connectivity index (χ3v) is 6.80. The van der Waals surface area contributed by atoms with Crippen LogP contribution in [0.25, 0.3) is 11.1 Å². The molecule has 1 N–H and O–H groups in total. The summed E-state index contributed by atoms with van der Waals surface area (Å²) in [6.07, 6.45) is -0.539. The molecule has 0 saturated carbocycles. The monoisotopic (exact) mass is 456 g/mol. The second kappa shape index (κ2) is 9.69. The number of amides is 1. The Hall–Kier alpha value is -3.64. The van der Waals surface area contributed by atoms with E-state index < -0.39 is 18.1 Å². The van der Waals surface area contributed by atoms with Crippen molar-refractivity contribution in [3.63, 3.8) is 0 Å². The van der Waals surface area contributed by atoms with Gasteiger partial charge >= 0.3 is 12.1 Å². The average molecular weight is 457 g/mol. The standard InChI is InChI=1S/C28H28N2O4/c31-27(32)16-21-18-29(17-20-8-2-1-3-9-20)14-15-30(21)28(33)34-19-26-24-12-6-4-10-22(24)23-11-5-7-13-25(23)26/h1-13,21,26H,14-19H2,(H,31,32)/t21-/m1/s1. The number of benzene rings is 3. The summed E-state index contributed by atoms with van der Waals surface area (Å²) in [5.41, 5.74) is 5.85. The van der Waals surface area contributed by atoms with Crippen LogP contribution in [0.2, 0.25) is 0 Å². The van der Waals surface area contributed by atoms with Crippen molar-refractivity contribution < 1.29 is 19.4 Å². The lowest BCUT2D eigenvalue weighted by molar-refractivity contribution is -0.138. The minimum Gasteiger partial charge on any atom is -0.481 e. The van der Waals surface area contributed by atoms with Crippen molar-refractivity contribution in [3.8, 4) is 11.1 Å². The smallest absolute Gasteiger partial charge is 0.410 e. The number of carbonyl (C=O) groups is 2. The van der Waals surface area contributed by atoms with E-state index in [0.717, 1.165) is 17.7 Å². The van der Waals surface area contributed by atoms with Crippen LogP contribution in [0.15, 0.2) is 78.9 Å². The number of nitrogens with zero attached hydrogens (tertiary/aromatic N) is 2. The highest BCUT2D eigenvalue weighted by molar-refractivity contribution is 5.79. The van der Waals surface area contributed by atoms with Crippen molar-refractivity contribution in [1.29, 1.82) is 0 Å². The minimum atomic E-state index is -0.914. The van der Waals surface area contributed by atoms with Gasteiger partial charge in [-0.05, 0) is 27.8 Å². The van der Waals surface area contributed by atoms with E-state index in [1.54, 1.807) is 4.90 Å². The number of fused-ring (bicyclic) bond motifs is 3. The first-order valence-corrected chi connectivity index (χ1v) is 11.7. The van der Waals surface area contributed by atoms with Crippen molar-refractivity contribution in [2.24, 2.45) is 0 Å². The van der Waals surface area contributed by atoms with Gasteiger partial charge in [-0.1, -0.05) is 78.9 Å². The van der Waals surface area contributed by atoms with Crippen LogP contribution in [0.5, 0.6) is 0 Å². The molecular weight excluding hydrogens is 428 g/mol. The molecule has 3 aromatic carbocycles. The molecule has 0 radical (unpaired) electrons. The first-order chi connectivity index (χ1) is 16.6. The highest BCUT2D eigenvalue weighted by Crippen LogP contribution is 2.44. The number of carbonyl (C=O) groups excluding carboxylic acids is 1. The molecule has 1 heterocycles. The molecule has 1 amide bonds. The lowest BCUT2D eigenvalue weighted by Crippen LogP contribution is -2.55. The maximum absolute atomic E-state index is 13.1. The van der Waals surface area contributed by atoms with Crippen molar-refractivity contribution in [3.05, 3.63) is 95.6 Å². The van der Waals surface area contributed by atoms with Crippen LogP contribution in [0.4, 0.5) is 4.79 Å². The quantitative estimate of drug-likeness (QED) is 0.587. The summed E-state index contributed by atoms with van der Waals surface area (Å²) in [6, 6.07) is 26.1. The zero-order valence-electron chi connectivity index (χ0n) is 19.0. The predicted molar refractivity (Wildman–Crippen MR) is 130 cm³/mol. The van der Waals surface area contributed by atoms with E-state index in [-0.39, 0.29) is 18.9 Å². The lowest BCUT2D eigenvalue weighted by atomic mass is 9.98. The summed E-state index contributed by atoms with van der Waals surface area (Å²) in [4.78, 5) is 28.5. The van der Waals surface area contributed by atoms with Crippen LogP contribution in [0.3, 0.4) is 0 Å². The van der Waals surface area contributed by atoms with E-state index >= 15 is 0 Å². The molecule has 1 aliphatic carbocycles. The van der Waals surface area contributed by atoms with Crippen molar-refractivity contribution in [2.75, 3.05) is 26.2 Å². The van der Waals surface area contributed by atoms with Gasteiger partial charge in [0.15, 0.2) is 0 Å². The molecule has 2 aliphatic rings. The Bertz CT molecular complexity index is 1130. The molecule has 0 unspecified atom stereocenters. The summed E-state index contributed by atoms with van der Waals surface area (Å²) >= 11 is 0. The SMILES string of the molecule is O=C(O)C[C@@H]1CN(Cc2ccccc2)CCN1C(=O)OCC1c2ccccc2-c2ccccc21. The van der Waals surface area contributed by atoms with Crippen molar-refractivity contribution >= 4 is 12.1 Å². The van der Waals surface area contributed by atoms with E-state index in [9.17, 15) is 14.7 Å². The molecule has 174 valence electrons. The van der Waals surface area contributed by atoms with E-state index in [1.807, 2.05) is 42.5 Å². The first kappa shape index (κ1) is 22.2. The van der Waals surface area contributed by atoms with E-state index in [1.165, 1.54) is 16.7 Å². The fourth-order valence-corrected chi connectivity index (χ4v) is 5.20. The minimum absolute atomic E-state index is 0.0198. The fourth-order valence-electron chi connectivity index (χ4n) is 5.20. The highest BCUT2D eigenvalue weighted by atomic mass is 16.6. The largest absolute Gasteiger partial charge is 0.481 e. The summed E-state index contributed by atoms with van der Waals surface area (Å²) < 4.78 is 5.82. The topological polar surface area (TPSA) is 70.1 Å². The van der Waals surface area contributed by atoms with Crippen LogP contribution < -0.4 is 0 Å². The third-order valence-electron chi connectivity index (χ3n) is 6.80. The maximum Gasteiger partial charge on any atom is 0.410 e. The molecule has 1 aliphatic heterocycles. The third kappa shape index (κ3) is 4.54. The molecule has 1 saturated heterocycles. The van der Waals surface area contributed by atoms with E-state index in [2.05, 4.69) is 41.3 Å². The Morgan fingerprint density at radius 1 is 0.853 bits per heavy atom. The van der Waals surface area contributed by atoms with Gasteiger partial charge < -0.3 is 14.7 Å². The second-order valence-electron chi connectivity index (χ2n) is 8.97. The number of rotatable bonds is 6. The Balaban J connectivity index is 1.27. The number of hydrogen-bond acceptors (Lipinski definition) is 4. The Labute approximate surface area is 199 Å². The lowest BCUT2D eigenvalue weighted by Gasteiger charge is -2.40. The molecule has 3 aromatic rings. The normalized spacial score (nSPS) is 17.8. The zero-order valence-corrected chi connectivity index (χ0v) is 19.0. The predicted octanol–water partition coefficient (Wildman–Crippen LogP) is 4.60. The maximum atomic E-state index is 13.1. The number of carboxylic acids is 1. The van der Waals surface area contributed by atoms with E-state index in [4.69, 9.17) is 4.74 Å². The highest BCUT2D eigenvalue weighted by Gasteiger charge is 2.34. The summed E-state index contributed by atoms with van der Waals surface area (Å²) in [5.74, 6) is -0.934. The van der Waals surface area contributed by atoms with Gasteiger partial charge in [0, 0.05) is 32.1 Å². The Morgan fingerprint density at radius 3 is 2.12 bits per heavy atom. The summed E-state index contributed by atoms with van der Waals surface area (Å²) in [6.45, 7) is 2.59. The Kier molecular flexibility index (Phi) is 6.32. The van der Waals surface area contributed by atoms with Gasteiger partial charge in [-0.2, -0.15) is 0 Å². The molecule has 34 heavy (non-hydrogen) atoms. The van der Waals surface area contributed by atoms with Gasteiger partial charge in [0.1, 0.15) is 6.61 Å². The van der Waals surface area contributed by atoms with Gasteiger partial charge in [0.05, 0.1) is 12.5 Å². The summed E-state index contributed by atoms with van der Waals surface area (Å²) in [7, 11) is 0. The number of hydrogen-bond donors (Lipinski definition) is 1. The fraction of sp³-hybridized carbons (Fsp3) is 0.286. The van der Waals surface area contributed by atoms with Crippen LogP contribution in [-0.2, 0) is 16.1 Å². The zero-order chi connectivity index (χ0) is 23.5. The number of piperazine rings is 1. The number of ether oxygens (including phenoxy) is 1. The van der Waals surface area contributed by atoms with Gasteiger partial charge in [-0.25, -0.2) is 4.79 Å². The van der Waals surface area contributed by atoms with Crippen LogP contribution in [0.1, 0.15) is 29.0 Å². The van der Waals surface area contributed by atoms with Crippen LogP contribution in [0, 0.1) is 0 Å². The van der Waals surface area contributed by atoms with Gasteiger partial charge in [0.25, 0.3) is 0 Å². The molecule has 0 aromatic heterocycles. The van der Waals surface area contributed by atoms with Gasteiger partial charge in [-0.3, -0.25) is 9.69 Å². The molecule has 1 fully saturated rings. The van der Waals surface area contributed by atoms with Crippen molar-refractivity contribution in [1.82, 2.24) is 9.80 Å². The molecule has 6 heteroatoms. The second-order valence-corrected chi connectivity index (χ2v) is 8.97. The number of carboxylic acid groups (broad SMARTS) is 1.